The number of aryl methyl sites for hydroxylation is 2. The summed E-state index contributed by atoms with van der Waals surface area (Å²) in [5.74, 6) is 0.561. The molecule has 1 aromatic carbocycles. The van der Waals surface area contributed by atoms with E-state index in [0.717, 1.165) is 0 Å². The molecular formula is C15H12Cl2N4O. The Morgan fingerprint density at radius 1 is 1.18 bits per heavy atom. The molecule has 0 aliphatic rings. The quantitative estimate of drug-likeness (QED) is 0.741. The zero-order valence-corrected chi connectivity index (χ0v) is 13.4. The van der Waals surface area contributed by atoms with Crippen LogP contribution in [0.5, 0.6) is 0 Å². The number of rotatable bonds is 1. The highest BCUT2D eigenvalue weighted by Crippen LogP contribution is 2.37. The van der Waals surface area contributed by atoms with Crippen molar-refractivity contribution < 1.29 is 0 Å². The van der Waals surface area contributed by atoms with Crippen LogP contribution in [0.25, 0.3) is 22.2 Å². The SMILES string of the molecule is Cc1ncc2c(N)c(-c3c(Cl)cccc3Cl)c(=O)n(C)c2n1. The average Bonchev–Trinajstić information content (AvgIpc) is 2.48. The molecule has 7 heteroatoms. The van der Waals surface area contributed by atoms with Gasteiger partial charge in [0.05, 0.1) is 26.7 Å². The van der Waals surface area contributed by atoms with Gasteiger partial charge in [-0.3, -0.25) is 9.36 Å². The molecule has 5 nitrogen and oxygen atoms in total. The number of benzene rings is 1. The first-order chi connectivity index (χ1) is 10.4. The highest BCUT2D eigenvalue weighted by molar-refractivity contribution is 6.39. The summed E-state index contributed by atoms with van der Waals surface area (Å²) in [4.78, 5) is 21.2. The van der Waals surface area contributed by atoms with E-state index in [1.54, 1.807) is 38.4 Å². The molecule has 3 aromatic rings. The molecule has 2 heterocycles. The summed E-state index contributed by atoms with van der Waals surface area (Å²) >= 11 is 12.4. The fourth-order valence-electron chi connectivity index (χ4n) is 2.40. The predicted octanol–water partition coefficient (Wildman–Crippen LogP) is 3.19. The number of pyridine rings is 1. The third kappa shape index (κ3) is 2.14. The van der Waals surface area contributed by atoms with Gasteiger partial charge in [0.25, 0.3) is 5.56 Å². The van der Waals surface area contributed by atoms with Gasteiger partial charge in [0.2, 0.25) is 0 Å². The fraction of sp³-hybridized carbons (Fsp3) is 0.133. The van der Waals surface area contributed by atoms with Crippen molar-refractivity contribution in [2.24, 2.45) is 7.05 Å². The number of nitrogens with two attached hydrogens (primary N) is 1. The number of hydrogen-bond acceptors (Lipinski definition) is 4. The molecule has 22 heavy (non-hydrogen) atoms. The van der Waals surface area contributed by atoms with Crippen LogP contribution in [0.2, 0.25) is 10.0 Å². The molecule has 0 bridgehead atoms. The first-order valence-corrected chi connectivity index (χ1v) is 7.23. The van der Waals surface area contributed by atoms with Gasteiger partial charge in [-0.2, -0.15) is 0 Å². The summed E-state index contributed by atoms with van der Waals surface area (Å²) in [5.41, 5.74) is 7.32. The van der Waals surface area contributed by atoms with E-state index in [4.69, 9.17) is 28.9 Å². The highest BCUT2D eigenvalue weighted by atomic mass is 35.5. The topological polar surface area (TPSA) is 73.8 Å². The summed E-state index contributed by atoms with van der Waals surface area (Å²) in [6.45, 7) is 1.75. The maximum Gasteiger partial charge on any atom is 0.262 e. The van der Waals surface area contributed by atoms with E-state index in [2.05, 4.69) is 9.97 Å². The Labute approximate surface area is 136 Å². The van der Waals surface area contributed by atoms with Crippen LogP contribution >= 0.6 is 23.2 Å². The summed E-state index contributed by atoms with van der Waals surface area (Å²) in [5, 5.41) is 1.31. The minimum Gasteiger partial charge on any atom is -0.397 e. The lowest BCUT2D eigenvalue weighted by Crippen LogP contribution is -2.22. The average molecular weight is 335 g/mol. The van der Waals surface area contributed by atoms with Gasteiger partial charge in [-0.05, 0) is 19.1 Å². The van der Waals surface area contributed by atoms with Crippen LogP contribution < -0.4 is 11.3 Å². The van der Waals surface area contributed by atoms with Gasteiger partial charge in [-0.25, -0.2) is 9.97 Å². The van der Waals surface area contributed by atoms with Crippen LogP contribution in [0.15, 0.2) is 29.2 Å². The molecule has 0 fully saturated rings. The largest absolute Gasteiger partial charge is 0.397 e. The van der Waals surface area contributed by atoms with E-state index >= 15 is 0 Å². The standard InChI is InChI=1S/C15H12Cl2N4O/c1-7-19-6-8-13(18)12(15(22)21(2)14(8)20-7)11-9(16)4-3-5-10(11)17/h3-6H,18H2,1-2H3. The third-order valence-corrected chi connectivity index (χ3v) is 4.13. The molecule has 0 saturated carbocycles. The highest BCUT2D eigenvalue weighted by Gasteiger charge is 2.20. The Hall–Kier alpha value is -2.11. The van der Waals surface area contributed by atoms with Crippen molar-refractivity contribution in [3.8, 4) is 11.1 Å². The van der Waals surface area contributed by atoms with Gasteiger partial charge < -0.3 is 5.73 Å². The smallest absolute Gasteiger partial charge is 0.262 e. The Kier molecular flexibility index (Phi) is 3.54. The van der Waals surface area contributed by atoms with E-state index < -0.39 is 0 Å². The molecule has 0 spiro atoms. The minimum absolute atomic E-state index is 0.262. The van der Waals surface area contributed by atoms with E-state index in [0.29, 0.717) is 32.5 Å². The van der Waals surface area contributed by atoms with Crippen molar-refractivity contribution in [3.05, 3.63) is 50.6 Å². The second-order valence-corrected chi connectivity index (χ2v) is 5.72. The van der Waals surface area contributed by atoms with E-state index in [1.165, 1.54) is 4.57 Å². The Balaban J connectivity index is 2.52. The van der Waals surface area contributed by atoms with Crippen molar-refractivity contribution in [1.29, 1.82) is 0 Å². The first-order valence-electron chi connectivity index (χ1n) is 6.48. The fourth-order valence-corrected chi connectivity index (χ4v) is 2.98. The Morgan fingerprint density at radius 2 is 1.82 bits per heavy atom. The number of anilines is 1. The lowest BCUT2D eigenvalue weighted by Gasteiger charge is -2.14. The number of fused-ring (bicyclic) bond motifs is 1. The molecule has 3 rings (SSSR count). The number of aromatic nitrogens is 3. The summed E-state index contributed by atoms with van der Waals surface area (Å²) in [6.07, 6.45) is 1.60. The van der Waals surface area contributed by atoms with Crippen LogP contribution in [0.3, 0.4) is 0 Å². The molecule has 112 valence electrons. The zero-order valence-electron chi connectivity index (χ0n) is 11.9. The second kappa shape index (κ2) is 5.26. The van der Waals surface area contributed by atoms with Crippen LogP contribution in [-0.4, -0.2) is 14.5 Å². The molecule has 0 atom stereocenters. The molecule has 0 saturated heterocycles. The van der Waals surface area contributed by atoms with Crippen molar-refractivity contribution in [2.75, 3.05) is 5.73 Å². The third-order valence-electron chi connectivity index (χ3n) is 3.50. The van der Waals surface area contributed by atoms with E-state index in [1.807, 2.05) is 0 Å². The lowest BCUT2D eigenvalue weighted by atomic mass is 10.0. The summed E-state index contributed by atoms with van der Waals surface area (Å²) < 4.78 is 1.43. The van der Waals surface area contributed by atoms with Gasteiger partial charge in [0, 0.05) is 18.8 Å². The zero-order chi connectivity index (χ0) is 16.0. The van der Waals surface area contributed by atoms with Crippen molar-refractivity contribution in [1.82, 2.24) is 14.5 Å². The van der Waals surface area contributed by atoms with Crippen LogP contribution in [0.4, 0.5) is 5.69 Å². The lowest BCUT2D eigenvalue weighted by molar-refractivity contribution is 0.878. The number of halogens is 2. The number of nitrogen functional groups attached to an aromatic ring is 1. The summed E-state index contributed by atoms with van der Waals surface area (Å²) in [7, 11) is 1.63. The molecule has 2 N–H and O–H groups in total. The van der Waals surface area contributed by atoms with Crippen molar-refractivity contribution in [3.63, 3.8) is 0 Å². The van der Waals surface area contributed by atoms with E-state index in [9.17, 15) is 4.79 Å². The molecule has 0 unspecified atom stereocenters. The number of hydrogen-bond donors (Lipinski definition) is 1. The van der Waals surface area contributed by atoms with E-state index in [-0.39, 0.29) is 16.8 Å². The maximum absolute atomic E-state index is 12.7. The Morgan fingerprint density at radius 3 is 2.45 bits per heavy atom. The monoisotopic (exact) mass is 334 g/mol. The predicted molar refractivity (Wildman–Crippen MR) is 89.4 cm³/mol. The first kappa shape index (κ1) is 14.8. The Bertz CT molecular complexity index is 946. The molecule has 0 aliphatic carbocycles. The molecule has 0 radical (unpaired) electrons. The van der Waals surface area contributed by atoms with Crippen molar-refractivity contribution >= 4 is 39.9 Å². The van der Waals surface area contributed by atoms with Gasteiger partial charge in [-0.1, -0.05) is 29.3 Å². The van der Waals surface area contributed by atoms with Gasteiger partial charge in [0.15, 0.2) is 0 Å². The normalized spacial score (nSPS) is 11.1. The second-order valence-electron chi connectivity index (χ2n) is 4.90. The summed E-state index contributed by atoms with van der Waals surface area (Å²) in [6, 6.07) is 5.04. The van der Waals surface area contributed by atoms with Crippen LogP contribution in [-0.2, 0) is 7.05 Å². The molecular weight excluding hydrogens is 323 g/mol. The molecule has 2 aromatic heterocycles. The van der Waals surface area contributed by atoms with Crippen molar-refractivity contribution in [2.45, 2.75) is 6.92 Å². The van der Waals surface area contributed by atoms with Gasteiger partial charge >= 0.3 is 0 Å². The number of nitrogens with zero attached hydrogens (tertiary/aromatic N) is 3. The maximum atomic E-state index is 12.7. The minimum atomic E-state index is -0.307. The molecule has 0 aliphatic heterocycles. The van der Waals surface area contributed by atoms with Gasteiger partial charge in [-0.15, -0.1) is 0 Å². The van der Waals surface area contributed by atoms with Gasteiger partial charge in [0.1, 0.15) is 11.5 Å². The molecule has 0 amide bonds. The van der Waals surface area contributed by atoms with Crippen LogP contribution in [0, 0.1) is 6.92 Å². The van der Waals surface area contributed by atoms with Crippen LogP contribution in [0.1, 0.15) is 5.82 Å².